The van der Waals surface area contributed by atoms with Crippen LogP contribution in [-0.2, 0) is 9.59 Å². The fraction of sp³-hybridized carbons (Fsp3) is 0.500. The molecule has 2 fully saturated rings. The average molecular weight is 270 g/mol. The Bertz CT molecular complexity index is 585. The molecule has 0 saturated carbocycles. The van der Waals surface area contributed by atoms with E-state index in [9.17, 15) is 9.59 Å². The summed E-state index contributed by atoms with van der Waals surface area (Å²) < 4.78 is 0. The second kappa shape index (κ2) is 3.50. The largest absolute Gasteiger partial charge is 0.301 e. The van der Waals surface area contributed by atoms with Crippen LogP contribution in [0.1, 0.15) is 44.0 Å². The van der Waals surface area contributed by atoms with E-state index in [4.69, 9.17) is 0 Å². The molecule has 4 rings (SSSR count). The third-order valence-corrected chi connectivity index (χ3v) is 4.81. The van der Waals surface area contributed by atoms with E-state index in [1.165, 1.54) is 16.0 Å². The van der Waals surface area contributed by atoms with Gasteiger partial charge in [-0.1, -0.05) is 24.3 Å². The van der Waals surface area contributed by atoms with Crippen LogP contribution in [-0.4, -0.2) is 22.3 Å². The maximum atomic E-state index is 12.7. The number of likely N-dealkylation sites (tertiary alicyclic amines) is 1. The van der Waals surface area contributed by atoms with E-state index in [0.29, 0.717) is 0 Å². The van der Waals surface area contributed by atoms with Gasteiger partial charge in [-0.2, -0.15) is 0 Å². The molecule has 0 radical (unpaired) electrons. The third-order valence-electron chi connectivity index (χ3n) is 4.81. The molecule has 0 aromatic heterocycles. The van der Waals surface area contributed by atoms with Gasteiger partial charge in [0.25, 0.3) is 0 Å². The van der Waals surface area contributed by atoms with Crippen molar-refractivity contribution in [2.45, 2.75) is 38.4 Å². The van der Waals surface area contributed by atoms with Crippen molar-refractivity contribution in [2.24, 2.45) is 11.8 Å². The quantitative estimate of drug-likeness (QED) is 0.731. The fourth-order valence-corrected chi connectivity index (χ4v) is 4.12. The molecule has 0 spiro atoms. The number of carbonyl (C=O) groups excluding carboxylic acids is 2. The van der Waals surface area contributed by atoms with E-state index >= 15 is 0 Å². The number of carbonyl (C=O) groups is 2. The molecule has 2 saturated heterocycles. The zero-order valence-corrected chi connectivity index (χ0v) is 11.9. The number of hydrogen-bond donors (Lipinski definition) is 1. The summed E-state index contributed by atoms with van der Waals surface area (Å²) in [6, 6.07) is 8.15. The van der Waals surface area contributed by atoms with Crippen LogP contribution in [0, 0.1) is 11.8 Å². The normalized spacial score (nSPS) is 34.6. The summed E-state index contributed by atoms with van der Waals surface area (Å²) in [7, 11) is 0. The summed E-state index contributed by atoms with van der Waals surface area (Å²) in [5.74, 6) is -0.466. The maximum Gasteiger partial charge on any atom is 0.235 e. The summed E-state index contributed by atoms with van der Waals surface area (Å²) in [6.45, 7) is 5.77. The van der Waals surface area contributed by atoms with Crippen molar-refractivity contribution in [3.05, 3.63) is 35.4 Å². The average Bonchev–Trinajstić information content (AvgIpc) is 2.99. The molecule has 3 heterocycles. The molecular formula is C16H18N2O2. The minimum Gasteiger partial charge on any atom is -0.301 e. The molecule has 20 heavy (non-hydrogen) atoms. The standard InChI is InChI=1S/C16H18N2O2/c1-16(2,3)18-14(19)10-11(15(18)20)13-9-7-5-4-6-8(9)12(10)17-13/h4-7,10-13,17H,1-3H3/t10-,11+,12+,13-. The summed E-state index contributed by atoms with van der Waals surface area (Å²) in [5, 5.41) is 3.46. The van der Waals surface area contributed by atoms with Crippen molar-refractivity contribution >= 4 is 11.8 Å². The van der Waals surface area contributed by atoms with E-state index < -0.39 is 5.54 Å². The third kappa shape index (κ3) is 1.25. The molecule has 2 amide bonds. The monoisotopic (exact) mass is 270 g/mol. The summed E-state index contributed by atoms with van der Waals surface area (Å²) >= 11 is 0. The zero-order valence-electron chi connectivity index (χ0n) is 11.9. The number of nitrogens with zero attached hydrogens (tertiary/aromatic N) is 1. The first kappa shape index (κ1) is 12.1. The van der Waals surface area contributed by atoms with Crippen LogP contribution in [0.15, 0.2) is 24.3 Å². The summed E-state index contributed by atoms with van der Waals surface area (Å²) in [5.41, 5.74) is 1.94. The van der Waals surface area contributed by atoms with Gasteiger partial charge >= 0.3 is 0 Å². The number of nitrogens with one attached hydrogen (secondary N) is 1. The summed E-state index contributed by atoms with van der Waals surface area (Å²) in [6.07, 6.45) is 0. The lowest BCUT2D eigenvalue weighted by Gasteiger charge is -2.31. The predicted octanol–water partition coefficient (Wildman–Crippen LogP) is 1.79. The molecule has 0 unspecified atom stereocenters. The van der Waals surface area contributed by atoms with E-state index in [-0.39, 0.29) is 35.7 Å². The van der Waals surface area contributed by atoms with Gasteiger partial charge in [0.1, 0.15) is 0 Å². The Morgan fingerprint density at radius 3 is 1.80 bits per heavy atom. The van der Waals surface area contributed by atoms with Gasteiger partial charge in [-0.05, 0) is 31.9 Å². The number of benzene rings is 1. The van der Waals surface area contributed by atoms with E-state index in [1.54, 1.807) is 0 Å². The smallest absolute Gasteiger partial charge is 0.235 e. The van der Waals surface area contributed by atoms with E-state index in [1.807, 2.05) is 32.9 Å². The van der Waals surface area contributed by atoms with Gasteiger partial charge in [0, 0.05) is 17.6 Å². The van der Waals surface area contributed by atoms with E-state index in [2.05, 4.69) is 17.4 Å². The Balaban J connectivity index is 1.82. The molecule has 2 bridgehead atoms. The van der Waals surface area contributed by atoms with E-state index in [0.717, 1.165) is 0 Å². The molecule has 1 N–H and O–H groups in total. The van der Waals surface area contributed by atoms with Crippen LogP contribution < -0.4 is 5.32 Å². The molecule has 4 atom stereocenters. The lowest BCUT2D eigenvalue weighted by Crippen LogP contribution is -2.47. The highest BCUT2D eigenvalue weighted by Crippen LogP contribution is 2.56. The van der Waals surface area contributed by atoms with Crippen LogP contribution in [0.4, 0.5) is 0 Å². The number of fused-ring (bicyclic) bond motifs is 8. The Labute approximate surface area is 118 Å². The van der Waals surface area contributed by atoms with Crippen LogP contribution in [0.3, 0.4) is 0 Å². The molecule has 1 aromatic carbocycles. The highest BCUT2D eigenvalue weighted by atomic mass is 16.2. The van der Waals surface area contributed by atoms with Gasteiger partial charge in [0.2, 0.25) is 11.8 Å². The number of hydrogen-bond acceptors (Lipinski definition) is 3. The van der Waals surface area contributed by atoms with Gasteiger partial charge < -0.3 is 5.32 Å². The van der Waals surface area contributed by atoms with Crippen LogP contribution >= 0.6 is 0 Å². The number of imide groups is 1. The second-order valence-corrected chi connectivity index (χ2v) is 6.99. The van der Waals surface area contributed by atoms with Gasteiger partial charge in [0.15, 0.2) is 0 Å². The van der Waals surface area contributed by atoms with Crippen molar-refractivity contribution in [1.29, 1.82) is 0 Å². The summed E-state index contributed by atoms with van der Waals surface area (Å²) in [4.78, 5) is 26.9. The highest BCUT2D eigenvalue weighted by molar-refractivity contribution is 6.07. The van der Waals surface area contributed by atoms with Gasteiger partial charge in [-0.3, -0.25) is 14.5 Å². The number of rotatable bonds is 0. The fourth-order valence-electron chi connectivity index (χ4n) is 4.12. The lowest BCUT2D eigenvalue weighted by atomic mass is 9.77. The highest BCUT2D eigenvalue weighted by Gasteiger charge is 2.64. The van der Waals surface area contributed by atoms with Gasteiger partial charge in [-0.15, -0.1) is 0 Å². The van der Waals surface area contributed by atoms with Crippen molar-refractivity contribution < 1.29 is 9.59 Å². The van der Waals surface area contributed by atoms with Gasteiger partial charge in [0.05, 0.1) is 11.8 Å². The molecule has 4 heteroatoms. The van der Waals surface area contributed by atoms with Crippen LogP contribution in [0.5, 0.6) is 0 Å². The molecule has 4 nitrogen and oxygen atoms in total. The molecule has 1 aromatic rings. The van der Waals surface area contributed by atoms with Crippen molar-refractivity contribution in [1.82, 2.24) is 10.2 Å². The Morgan fingerprint density at radius 2 is 1.40 bits per heavy atom. The molecule has 3 aliphatic heterocycles. The first-order valence-electron chi connectivity index (χ1n) is 7.14. The minimum absolute atomic E-state index is 0.00463. The zero-order chi connectivity index (χ0) is 14.2. The lowest BCUT2D eigenvalue weighted by molar-refractivity contribution is -0.146. The van der Waals surface area contributed by atoms with Crippen molar-refractivity contribution in [3.63, 3.8) is 0 Å². The van der Waals surface area contributed by atoms with Crippen LogP contribution in [0.25, 0.3) is 0 Å². The predicted molar refractivity (Wildman–Crippen MR) is 73.6 cm³/mol. The second-order valence-electron chi connectivity index (χ2n) is 6.99. The molecular weight excluding hydrogens is 252 g/mol. The topological polar surface area (TPSA) is 49.4 Å². The Morgan fingerprint density at radius 1 is 0.950 bits per heavy atom. The maximum absolute atomic E-state index is 12.7. The van der Waals surface area contributed by atoms with Crippen molar-refractivity contribution in [2.75, 3.05) is 0 Å². The molecule has 3 aliphatic rings. The minimum atomic E-state index is -0.440. The Hall–Kier alpha value is -1.68. The molecule has 0 aliphatic carbocycles. The first-order chi connectivity index (χ1) is 9.41. The van der Waals surface area contributed by atoms with Crippen LogP contribution in [0.2, 0.25) is 0 Å². The number of amides is 2. The SMILES string of the molecule is CC(C)(C)N1C(=O)[C@@H]2[C@H](C1=O)[C@@H]1N[C@H]2c2ccccc21. The van der Waals surface area contributed by atoms with Crippen molar-refractivity contribution in [3.8, 4) is 0 Å². The van der Waals surface area contributed by atoms with Gasteiger partial charge in [-0.25, -0.2) is 0 Å². The Kier molecular flexibility index (Phi) is 2.11. The molecule has 104 valence electrons. The first-order valence-corrected chi connectivity index (χ1v) is 7.14.